The van der Waals surface area contributed by atoms with Crippen LogP contribution in [0, 0.1) is 52.3 Å². The highest BCUT2D eigenvalue weighted by atomic mass is 16.6. The Morgan fingerprint density at radius 1 is 0.897 bits per heavy atom. The predicted molar refractivity (Wildman–Crippen MR) is 110 cm³/mol. The molecule has 29 heavy (non-hydrogen) atoms. The van der Waals surface area contributed by atoms with Crippen LogP contribution < -0.4 is 0 Å². The molecule has 5 unspecified atom stereocenters. The summed E-state index contributed by atoms with van der Waals surface area (Å²) in [6, 6.07) is 0. The summed E-state index contributed by atoms with van der Waals surface area (Å²) in [5.74, 6) is 3.86. The molecule has 5 aliphatic carbocycles. The van der Waals surface area contributed by atoms with Crippen molar-refractivity contribution in [2.45, 2.75) is 103 Å². The summed E-state index contributed by atoms with van der Waals surface area (Å²) < 4.78 is 6.42. The van der Waals surface area contributed by atoms with Crippen LogP contribution in [0.5, 0.6) is 0 Å². The highest BCUT2D eigenvalue weighted by Crippen LogP contribution is 2.80. The minimum absolute atomic E-state index is 0.0969. The number of aliphatic hydroxyl groups is 3. The van der Waals surface area contributed by atoms with Crippen LogP contribution in [0.1, 0.15) is 79.1 Å². The first-order valence-electron chi connectivity index (χ1n) is 12.4. The fourth-order valence-corrected chi connectivity index (χ4v) is 10.5. The van der Waals surface area contributed by atoms with Crippen molar-refractivity contribution in [2.24, 2.45) is 52.3 Å². The lowest BCUT2D eigenvalue weighted by Crippen LogP contribution is -2.69. The molecule has 13 atom stereocenters. The van der Waals surface area contributed by atoms with Crippen molar-refractivity contribution < 1.29 is 20.1 Å². The molecule has 5 saturated carbocycles. The summed E-state index contributed by atoms with van der Waals surface area (Å²) in [5.41, 5.74) is -0.793. The topological polar surface area (TPSA) is 69.9 Å². The Kier molecular flexibility index (Phi) is 3.77. The van der Waals surface area contributed by atoms with Crippen LogP contribution in [0.4, 0.5) is 0 Å². The third-order valence-corrected chi connectivity index (χ3v) is 12.1. The molecule has 6 fully saturated rings. The predicted octanol–water partition coefficient (Wildman–Crippen LogP) is 3.72. The maximum Gasteiger partial charge on any atom is 0.155 e. The third kappa shape index (κ3) is 2.02. The first-order valence-corrected chi connectivity index (χ1v) is 12.4. The summed E-state index contributed by atoms with van der Waals surface area (Å²) in [5, 5.41) is 32.7. The molecule has 0 amide bonds. The van der Waals surface area contributed by atoms with Crippen LogP contribution >= 0.6 is 0 Å². The molecule has 3 N–H and O–H groups in total. The van der Waals surface area contributed by atoms with Crippen LogP contribution in [0.3, 0.4) is 0 Å². The molecule has 0 bridgehead atoms. The van der Waals surface area contributed by atoms with Gasteiger partial charge in [-0.1, -0.05) is 27.7 Å². The molecular formula is C25H40O4. The van der Waals surface area contributed by atoms with Crippen molar-refractivity contribution in [3.05, 3.63) is 0 Å². The molecule has 0 aromatic heterocycles. The second kappa shape index (κ2) is 5.60. The van der Waals surface area contributed by atoms with E-state index >= 15 is 0 Å². The van der Waals surface area contributed by atoms with Gasteiger partial charge in [-0.2, -0.15) is 0 Å². The van der Waals surface area contributed by atoms with E-state index in [2.05, 4.69) is 27.7 Å². The monoisotopic (exact) mass is 404 g/mol. The van der Waals surface area contributed by atoms with Crippen molar-refractivity contribution >= 4 is 0 Å². The van der Waals surface area contributed by atoms with E-state index in [9.17, 15) is 15.3 Å². The minimum atomic E-state index is -0.752. The number of rotatable bonds is 0. The average Bonchev–Trinajstić information content (AvgIpc) is 3.31. The van der Waals surface area contributed by atoms with Crippen molar-refractivity contribution in [1.29, 1.82) is 0 Å². The van der Waals surface area contributed by atoms with E-state index < -0.39 is 11.9 Å². The van der Waals surface area contributed by atoms with Crippen molar-refractivity contribution in [2.75, 3.05) is 0 Å². The molecule has 0 aromatic rings. The first-order chi connectivity index (χ1) is 13.6. The number of aliphatic hydroxyl groups excluding tert-OH is 2. The van der Waals surface area contributed by atoms with Gasteiger partial charge in [0.2, 0.25) is 0 Å². The lowest BCUT2D eigenvalue weighted by molar-refractivity contribution is -0.275. The van der Waals surface area contributed by atoms with Gasteiger partial charge < -0.3 is 20.1 Å². The summed E-state index contributed by atoms with van der Waals surface area (Å²) in [7, 11) is 0. The summed E-state index contributed by atoms with van der Waals surface area (Å²) >= 11 is 0. The Labute approximate surface area is 175 Å². The van der Waals surface area contributed by atoms with Gasteiger partial charge >= 0.3 is 0 Å². The molecule has 6 aliphatic rings. The van der Waals surface area contributed by atoms with Gasteiger partial charge in [0.05, 0.1) is 17.3 Å². The third-order valence-electron chi connectivity index (χ3n) is 12.1. The standard InChI is InChI=1S/C25H40O4/c1-13-14(2)24(28)12-15(26)5-8-22(24,3)17-6-9-23(4)21(20(13)17)16-11-18(16)25(23)10-7-19(27)29-25/h13-21,26-28H,5-12H2,1-4H3/t13?,14-,15+,16-,17?,18+,19?,20?,21?,22-,23+,24-,25+/m1/s1. The SMILES string of the molecule is CC1C2C3[C@@H]4C[C@@H]4[C@@]4(CCC(O)O4)[C@@]3(C)CCC2[C@@]2(C)CC[C@H](O)C[C@@]2(O)[C@@H]1C. The zero-order valence-electron chi connectivity index (χ0n) is 18.6. The Morgan fingerprint density at radius 2 is 1.62 bits per heavy atom. The second-order valence-corrected chi connectivity index (χ2v) is 12.6. The molecule has 1 saturated heterocycles. The van der Waals surface area contributed by atoms with Crippen LogP contribution in [-0.4, -0.2) is 38.9 Å². The number of hydrogen-bond acceptors (Lipinski definition) is 4. The molecule has 0 radical (unpaired) electrons. The Morgan fingerprint density at radius 3 is 2.31 bits per heavy atom. The van der Waals surface area contributed by atoms with Gasteiger partial charge in [0.1, 0.15) is 0 Å². The Hall–Kier alpha value is -0.160. The van der Waals surface area contributed by atoms with Crippen LogP contribution in [-0.2, 0) is 4.74 Å². The van der Waals surface area contributed by atoms with Crippen LogP contribution in [0.25, 0.3) is 0 Å². The zero-order chi connectivity index (χ0) is 20.6. The molecule has 4 heteroatoms. The smallest absolute Gasteiger partial charge is 0.155 e. The molecule has 0 aromatic carbocycles. The zero-order valence-corrected chi connectivity index (χ0v) is 18.6. The molecule has 6 rings (SSSR count). The highest BCUT2D eigenvalue weighted by Gasteiger charge is 2.80. The van der Waals surface area contributed by atoms with Crippen molar-refractivity contribution in [3.8, 4) is 0 Å². The van der Waals surface area contributed by atoms with E-state index in [0.717, 1.165) is 44.4 Å². The largest absolute Gasteiger partial charge is 0.393 e. The van der Waals surface area contributed by atoms with Gasteiger partial charge in [-0.25, -0.2) is 0 Å². The van der Waals surface area contributed by atoms with Gasteiger partial charge in [-0.15, -0.1) is 0 Å². The first kappa shape index (κ1) is 19.5. The van der Waals surface area contributed by atoms with E-state index in [0.29, 0.717) is 36.0 Å². The summed E-state index contributed by atoms with van der Waals surface area (Å²) in [6.07, 6.45) is 6.80. The fourth-order valence-electron chi connectivity index (χ4n) is 10.5. The van der Waals surface area contributed by atoms with Gasteiger partial charge in [0.25, 0.3) is 0 Å². The molecule has 164 valence electrons. The second-order valence-electron chi connectivity index (χ2n) is 12.6. The lowest BCUT2D eigenvalue weighted by Gasteiger charge is -2.68. The van der Waals surface area contributed by atoms with Crippen molar-refractivity contribution in [3.63, 3.8) is 0 Å². The molecule has 1 aliphatic heterocycles. The quantitative estimate of drug-likeness (QED) is 0.575. The normalized spacial score (nSPS) is 68.2. The van der Waals surface area contributed by atoms with Gasteiger partial charge in [0.15, 0.2) is 6.29 Å². The highest BCUT2D eigenvalue weighted by molar-refractivity contribution is 5.28. The van der Waals surface area contributed by atoms with Gasteiger partial charge in [-0.05, 0) is 85.4 Å². The lowest BCUT2D eigenvalue weighted by atomic mass is 9.38. The van der Waals surface area contributed by atoms with Crippen LogP contribution in [0.2, 0.25) is 0 Å². The number of ether oxygens (including phenoxy) is 1. The number of hydrogen-bond donors (Lipinski definition) is 3. The van der Waals surface area contributed by atoms with E-state index in [1.54, 1.807) is 0 Å². The van der Waals surface area contributed by atoms with Gasteiger partial charge in [-0.3, -0.25) is 0 Å². The maximum atomic E-state index is 12.0. The van der Waals surface area contributed by atoms with E-state index in [1.165, 1.54) is 6.42 Å². The van der Waals surface area contributed by atoms with Crippen molar-refractivity contribution in [1.82, 2.24) is 0 Å². The van der Waals surface area contributed by atoms with Crippen LogP contribution in [0.15, 0.2) is 0 Å². The molecular weight excluding hydrogens is 364 g/mol. The Bertz CT molecular complexity index is 726. The van der Waals surface area contributed by atoms with E-state index in [-0.39, 0.29) is 28.5 Å². The molecule has 1 heterocycles. The van der Waals surface area contributed by atoms with Gasteiger partial charge in [0, 0.05) is 18.3 Å². The Balaban J connectivity index is 1.43. The summed E-state index contributed by atoms with van der Waals surface area (Å²) in [6.45, 7) is 9.49. The fraction of sp³-hybridized carbons (Fsp3) is 1.00. The van der Waals surface area contributed by atoms with E-state index in [1.807, 2.05) is 0 Å². The summed E-state index contributed by atoms with van der Waals surface area (Å²) in [4.78, 5) is 0. The minimum Gasteiger partial charge on any atom is -0.393 e. The van der Waals surface area contributed by atoms with E-state index in [4.69, 9.17) is 4.74 Å². The molecule has 4 nitrogen and oxygen atoms in total. The average molecular weight is 405 g/mol. The number of fused-ring (bicyclic) bond motifs is 9. The maximum absolute atomic E-state index is 12.0. The molecule has 1 spiro atoms.